The van der Waals surface area contributed by atoms with Crippen LogP contribution in [0.5, 0.6) is 0 Å². The van der Waals surface area contributed by atoms with Gasteiger partial charge in [-0.2, -0.15) is 0 Å². The Morgan fingerprint density at radius 1 is 1.10 bits per heavy atom. The highest BCUT2D eigenvalue weighted by Crippen LogP contribution is 2.00. The van der Waals surface area contributed by atoms with Crippen molar-refractivity contribution in [3.63, 3.8) is 0 Å². The standard InChI is InChI=1S/C11H24N6O3/c12-5-1-3-7(13)9(18)20-10(19)8(14)4-2-6-17-11(15)16/h7-8H,1-6,12-14H2,(H4,15,16,17)/t7-,8+/m1/s1. The fourth-order valence-corrected chi connectivity index (χ4v) is 1.37. The van der Waals surface area contributed by atoms with Gasteiger partial charge in [-0.15, -0.1) is 0 Å². The largest absolute Gasteiger partial charge is 0.391 e. The summed E-state index contributed by atoms with van der Waals surface area (Å²) < 4.78 is 4.59. The SMILES string of the molecule is N=C(N)NCCC[C@H](N)C(=O)OC(=O)[C@H](N)CCCN. The van der Waals surface area contributed by atoms with Gasteiger partial charge in [0.05, 0.1) is 0 Å². The van der Waals surface area contributed by atoms with E-state index in [1.807, 2.05) is 0 Å². The average Bonchev–Trinajstić information content (AvgIpc) is 2.40. The molecule has 0 aromatic carbocycles. The lowest BCUT2D eigenvalue weighted by Crippen LogP contribution is -2.40. The summed E-state index contributed by atoms with van der Waals surface area (Å²) in [6, 6.07) is -1.77. The number of esters is 2. The van der Waals surface area contributed by atoms with E-state index >= 15 is 0 Å². The molecular weight excluding hydrogens is 264 g/mol. The summed E-state index contributed by atoms with van der Waals surface area (Å²) >= 11 is 0. The smallest absolute Gasteiger partial charge is 0.330 e. The first-order valence-corrected chi connectivity index (χ1v) is 6.43. The number of hydrogen-bond acceptors (Lipinski definition) is 7. The van der Waals surface area contributed by atoms with Gasteiger partial charge in [0, 0.05) is 6.54 Å². The van der Waals surface area contributed by atoms with Gasteiger partial charge in [0.2, 0.25) is 0 Å². The van der Waals surface area contributed by atoms with E-state index in [1.165, 1.54) is 0 Å². The maximum atomic E-state index is 11.5. The Bertz CT molecular complexity index is 336. The van der Waals surface area contributed by atoms with Crippen molar-refractivity contribution in [3.05, 3.63) is 0 Å². The third-order valence-electron chi connectivity index (χ3n) is 2.53. The van der Waals surface area contributed by atoms with E-state index in [0.717, 1.165) is 0 Å². The van der Waals surface area contributed by atoms with Gasteiger partial charge in [-0.25, -0.2) is 9.59 Å². The number of carbonyl (C=O) groups is 2. The number of hydrogen-bond donors (Lipinski definition) is 6. The molecule has 9 nitrogen and oxygen atoms in total. The molecule has 2 atom stereocenters. The summed E-state index contributed by atoms with van der Waals surface area (Å²) in [4.78, 5) is 23.0. The predicted molar refractivity (Wildman–Crippen MR) is 74.5 cm³/mol. The van der Waals surface area contributed by atoms with Crippen LogP contribution in [0.1, 0.15) is 25.7 Å². The van der Waals surface area contributed by atoms with E-state index in [1.54, 1.807) is 0 Å². The van der Waals surface area contributed by atoms with Crippen LogP contribution in [0.15, 0.2) is 0 Å². The summed E-state index contributed by atoms with van der Waals surface area (Å²) in [6.07, 6.45) is 1.77. The predicted octanol–water partition coefficient (Wildman–Crippen LogP) is -2.29. The number of guanidine groups is 1. The van der Waals surface area contributed by atoms with Crippen molar-refractivity contribution in [1.82, 2.24) is 5.32 Å². The van der Waals surface area contributed by atoms with Crippen LogP contribution < -0.4 is 28.3 Å². The molecule has 0 aliphatic rings. The Morgan fingerprint density at radius 3 is 2.05 bits per heavy atom. The van der Waals surface area contributed by atoms with Crippen molar-refractivity contribution in [1.29, 1.82) is 5.41 Å². The Labute approximate surface area is 117 Å². The fourth-order valence-electron chi connectivity index (χ4n) is 1.37. The Morgan fingerprint density at radius 2 is 1.60 bits per heavy atom. The minimum Gasteiger partial charge on any atom is -0.391 e. The number of rotatable bonds is 9. The second-order valence-electron chi connectivity index (χ2n) is 4.37. The Kier molecular flexibility index (Phi) is 9.26. The molecule has 0 fully saturated rings. The summed E-state index contributed by atoms with van der Waals surface area (Å²) in [5, 5.41) is 9.51. The summed E-state index contributed by atoms with van der Waals surface area (Å²) in [5.74, 6) is -1.75. The Balaban J connectivity index is 3.94. The number of nitrogens with one attached hydrogen (secondary N) is 2. The third kappa shape index (κ3) is 8.40. The first-order valence-electron chi connectivity index (χ1n) is 6.43. The molecule has 116 valence electrons. The molecule has 0 bridgehead atoms. The zero-order valence-corrected chi connectivity index (χ0v) is 11.4. The molecule has 20 heavy (non-hydrogen) atoms. The van der Waals surface area contributed by atoms with Crippen LogP contribution in [0.25, 0.3) is 0 Å². The van der Waals surface area contributed by atoms with Gasteiger partial charge in [0.25, 0.3) is 0 Å². The lowest BCUT2D eigenvalue weighted by Gasteiger charge is -2.13. The van der Waals surface area contributed by atoms with Gasteiger partial charge in [-0.1, -0.05) is 0 Å². The van der Waals surface area contributed by atoms with E-state index in [9.17, 15) is 9.59 Å². The molecule has 10 N–H and O–H groups in total. The van der Waals surface area contributed by atoms with Gasteiger partial charge in [-0.3, -0.25) is 5.41 Å². The molecule has 0 amide bonds. The van der Waals surface area contributed by atoms with Crippen LogP contribution >= 0.6 is 0 Å². The molecule has 0 radical (unpaired) electrons. The molecule has 9 heteroatoms. The van der Waals surface area contributed by atoms with E-state index < -0.39 is 24.0 Å². The van der Waals surface area contributed by atoms with Crippen molar-refractivity contribution in [2.24, 2.45) is 22.9 Å². The Hall–Kier alpha value is -1.71. The zero-order valence-electron chi connectivity index (χ0n) is 11.4. The van der Waals surface area contributed by atoms with Gasteiger partial charge >= 0.3 is 11.9 Å². The van der Waals surface area contributed by atoms with Crippen LogP contribution in [0, 0.1) is 5.41 Å². The van der Waals surface area contributed by atoms with Crippen LogP contribution in [-0.2, 0) is 14.3 Å². The molecule has 0 aliphatic carbocycles. The van der Waals surface area contributed by atoms with Gasteiger partial charge in [0.15, 0.2) is 5.96 Å². The lowest BCUT2D eigenvalue weighted by atomic mass is 10.1. The second kappa shape index (κ2) is 10.1. The van der Waals surface area contributed by atoms with Gasteiger partial charge in [0.1, 0.15) is 12.1 Å². The van der Waals surface area contributed by atoms with Crippen molar-refractivity contribution in [3.8, 4) is 0 Å². The molecule has 0 spiro atoms. The number of nitrogens with two attached hydrogens (primary N) is 4. The number of ether oxygens (including phenoxy) is 1. The normalized spacial score (nSPS) is 13.3. The van der Waals surface area contributed by atoms with Crippen LogP contribution in [0.3, 0.4) is 0 Å². The van der Waals surface area contributed by atoms with Gasteiger partial charge in [-0.05, 0) is 32.2 Å². The summed E-state index contributed by atoms with van der Waals surface area (Å²) in [5.41, 5.74) is 21.5. The van der Waals surface area contributed by atoms with Crippen molar-refractivity contribution >= 4 is 17.9 Å². The van der Waals surface area contributed by atoms with Crippen LogP contribution in [-0.4, -0.2) is 43.1 Å². The molecular formula is C11H24N6O3. The van der Waals surface area contributed by atoms with Gasteiger partial charge < -0.3 is 33.0 Å². The first kappa shape index (κ1) is 18.3. The first-order chi connectivity index (χ1) is 9.38. The van der Waals surface area contributed by atoms with Crippen molar-refractivity contribution in [2.75, 3.05) is 13.1 Å². The maximum Gasteiger partial charge on any atom is 0.330 e. The number of carbonyl (C=O) groups excluding carboxylic acids is 2. The monoisotopic (exact) mass is 288 g/mol. The molecule has 0 rings (SSSR count). The van der Waals surface area contributed by atoms with Crippen LogP contribution in [0.4, 0.5) is 0 Å². The topological polar surface area (TPSA) is 183 Å². The highest BCUT2D eigenvalue weighted by Gasteiger charge is 2.22. The van der Waals surface area contributed by atoms with E-state index in [2.05, 4.69) is 10.1 Å². The van der Waals surface area contributed by atoms with E-state index in [0.29, 0.717) is 38.8 Å². The zero-order chi connectivity index (χ0) is 15.5. The quantitative estimate of drug-likeness (QED) is 0.0900. The van der Waals surface area contributed by atoms with Crippen molar-refractivity contribution in [2.45, 2.75) is 37.8 Å². The minimum absolute atomic E-state index is 0.151. The highest BCUT2D eigenvalue weighted by molar-refractivity contribution is 5.90. The fraction of sp³-hybridized carbons (Fsp3) is 0.727. The second-order valence-corrected chi connectivity index (χ2v) is 4.37. The molecule has 0 saturated carbocycles. The van der Waals surface area contributed by atoms with Crippen LogP contribution in [0.2, 0.25) is 0 Å². The lowest BCUT2D eigenvalue weighted by molar-refractivity contribution is -0.161. The molecule has 0 aromatic rings. The third-order valence-corrected chi connectivity index (χ3v) is 2.53. The maximum absolute atomic E-state index is 11.5. The molecule has 0 heterocycles. The molecule has 0 aliphatic heterocycles. The van der Waals surface area contributed by atoms with E-state index in [4.69, 9.17) is 28.3 Å². The molecule has 0 aromatic heterocycles. The highest BCUT2D eigenvalue weighted by atomic mass is 16.6. The summed E-state index contributed by atoms with van der Waals surface area (Å²) in [6.45, 7) is 0.831. The average molecular weight is 288 g/mol. The summed E-state index contributed by atoms with van der Waals surface area (Å²) in [7, 11) is 0. The molecule has 0 saturated heterocycles. The minimum atomic E-state index is -0.908. The van der Waals surface area contributed by atoms with E-state index in [-0.39, 0.29) is 5.96 Å². The van der Waals surface area contributed by atoms with Crippen molar-refractivity contribution < 1.29 is 14.3 Å². The molecule has 0 unspecified atom stereocenters.